The molecule has 0 aliphatic carbocycles. The zero-order chi connectivity index (χ0) is 14.5. The molecule has 0 spiro atoms. The van der Waals surface area contributed by atoms with Crippen LogP contribution in [-0.4, -0.2) is 45.4 Å². The molecule has 0 atom stereocenters. The number of nitrogens with zero attached hydrogens (tertiary/aromatic N) is 1. The second kappa shape index (κ2) is 11.5. The molecule has 0 bridgehead atoms. The van der Waals surface area contributed by atoms with Crippen molar-refractivity contribution in [3.05, 3.63) is 11.8 Å². The molecule has 6 nitrogen and oxygen atoms in total. The van der Waals surface area contributed by atoms with E-state index < -0.39 is 5.91 Å². The molecular weight excluding hydrogens is 246 g/mol. The van der Waals surface area contributed by atoms with Gasteiger partial charge >= 0.3 is 0 Å². The van der Waals surface area contributed by atoms with E-state index in [9.17, 15) is 4.79 Å². The number of hydrogen-bond donors (Lipinski definition) is 2. The van der Waals surface area contributed by atoms with Gasteiger partial charge in [0.15, 0.2) is 0 Å². The monoisotopic (exact) mass is 269 g/mol. The number of rotatable bonds is 10. The minimum absolute atomic E-state index is 0.0564. The van der Waals surface area contributed by atoms with Crippen LogP contribution in [0.5, 0.6) is 0 Å². The molecule has 0 aromatic rings. The topological polar surface area (TPSA) is 83.4 Å². The van der Waals surface area contributed by atoms with Gasteiger partial charge in [0, 0.05) is 33.0 Å². The van der Waals surface area contributed by atoms with E-state index in [-0.39, 0.29) is 11.7 Å². The second-order valence-electron chi connectivity index (χ2n) is 4.15. The van der Waals surface area contributed by atoms with Crippen LogP contribution in [0.25, 0.3) is 0 Å². The van der Waals surface area contributed by atoms with Crippen molar-refractivity contribution in [3.8, 4) is 6.07 Å². The fourth-order valence-electron chi connectivity index (χ4n) is 1.18. The van der Waals surface area contributed by atoms with Crippen LogP contribution < -0.4 is 10.6 Å². The molecule has 0 saturated carbocycles. The highest BCUT2D eigenvalue weighted by Gasteiger charge is 2.07. The molecule has 0 unspecified atom stereocenters. The Bertz CT molecular complexity index is 322. The predicted molar refractivity (Wildman–Crippen MR) is 72.3 cm³/mol. The van der Waals surface area contributed by atoms with Crippen molar-refractivity contribution in [1.82, 2.24) is 10.6 Å². The Morgan fingerprint density at radius 1 is 1.37 bits per heavy atom. The third-order valence-corrected chi connectivity index (χ3v) is 2.12. The van der Waals surface area contributed by atoms with E-state index in [4.69, 9.17) is 14.7 Å². The highest BCUT2D eigenvalue weighted by atomic mass is 16.5. The molecule has 0 saturated heterocycles. The summed E-state index contributed by atoms with van der Waals surface area (Å²) in [5, 5.41) is 14.4. The van der Waals surface area contributed by atoms with Gasteiger partial charge in [-0.25, -0.2) is 0 Å². The standard InChI is InChI=1S/C13H23N3O3/c1-11(2)19-7-4-5-15-10-12(9-14)13(17)16-6-8-18-3/h10-11,15H,4-8H2,1-3H3,(H,16,17)/b12-10-. The molecule has 0 aliphatic heterocycles. The third-order valence-electron chi connectivity index (χ3n) is 2.12. The lowest BCUT2D eigenvalue weighted by atomic mass is 10.3. The SMILES string of the molecule is COCCNC(=O)/C(C#N)=C\NCCCOC(C)C. The lowest BCUT2D eigenvalue weighted by Gasteiger charge is -2.07. The maximum atomic E-state index is 11.5. The van der Waals surface area contributed by atoms with Gasteiger partial charge in [-0.3, -0.25) is 4.79 Å². The zero-order valence-electron chi connectivity index (χ0n) is 11.9. The zero-order valence-corrected chi connectivity index (χ0v) is 11.9. The summed E-state index contributed by atoms with van der Waals surface area (Å²) in [4.78, 5) is 11.5. The molecule has 0 aliphatic rings. The average molecular weight is 269 g/mol. The summed E-state index contributed by atoms with van der Waals surface area (Å²) in [6.45, 7) is 6.07. The predicted octanol–water partition coefficient (Wildman–Crippen LogP) is 0.561. The quantitative estimate of drug-likeness (QED) is 0.344. The van der Waals surface area contributed by atoms with Gasteiger partial charge in [0.05, 0.1) is 12.7 Å². The lowest BCUT2D eigenvalue weighted by Crippen LogP contribution is -2.28. The first kappa shape index (κ1) is 17.4. The Morgan fingerprint density at radius 2 is 2.11 bits per heavy atom. The van der Waals surface area contributed by atoms with Crippen LogP contribution >= 0.6 is 0 Å². The number of methoxy groups -OCH3 is 1. The van der Waals surface area contributed by atoms with Gasteiger partial charge in [-0.15, -0.1) is 0 Å². The number of ether oxygens (including phenoxy) is 2. The van der Waals surface area contributed by atoms with E-state index in [1.165, 1.54) is 6.20 Å². The summed E-state index contributed by atoms with van der Waals surface area (Å²) >= 11 is 0. The average Bonchev–Trinajstić information content (AvgIpc) is 2.37. The third kappa shape index (κ3) is 10.1. The Labute approximate surface area is 114 Å². The summed E-state index contributed by atoms with van der Waals surface area (Å²) in [5.74, 6) is -0.398. The largest absolute Gasteiger partial charge is 0.390 e. The molecule has 6 heteroatoms. The fourth-order valence-corrected chi connectivity index (χ4v) is 1.18. The van der Waals surface area contributed by atoms with Crippen LogP contribution in [0.4, 0.5) is 0 Å². The molecule has 1 amide bonds. The molecule has 0 aromatic heterocycles. The Morgan fingerprint density at radius 3 is 2.68 bits per heavy atom. The summed E-state index contributed by atoms with van der Waals surface area (Å²) in [6, 6.07) is 1.85. The van der Waals surface area contributed by atoms with Gasteiger partial charge in [0.2, 0.25) is 0 Å². The van der Waals surface area contributed by atoms with Crippen molar-refractivity contribution in [2.75, 3.05) is 33.4 Å². The molecule has 0 fully saturated rings. The minimum atomic E-state index is -0.398. The first-order valence-electron chi connectivity index (χ1n) is 6.34. The number of amides is 1. The van der Waals surface area contributed by atoms with Gasteiger partial charge in [-0.05, 0) is 20.3 Å². The van der Waals surface area contributed by atoms with E-state index in [0.29, 0.717) is 26.3 Å². The van der Waals surface area contributed by atoms with E-state index in [0.717, 1.165) is 6.42 Å². The molecule has 0 heterocycles. The molecule has 0 aromatic carbocycles. The van der Waals surface area contributed by atoms with Crippen LogP contribution in [0.1, 0.15) is 20.3 Å². The van der Waals surface area contributed by atoms with E-state index >= 15 is 0 Å². The fraction of sp³-hybridized carbons (Fsp3) is 0.692. The molecule has 19 heavy (non-hydrogen) atoms. The Kier molecular flexibility index (Phi) is 10.6. The van der Waals surface area contributed by atoms with E-state index in [2.05, 4.69) is 10.6 Å². The summed E-state index contributed by atoms with van der Waals surface area (Å²) in [6.07, 6.45) is 2.47. The van der Waals surface area contributed by atoms with Gasteiger partial charge < -0.3 is 20.1 Å². The summed E-state index contributed by atoms with van der Waals surface area (Å²) < 4.78 is 10.2. The number of hydrogen-bond acceptors (Lipinski definition) is 5. The number of nitriles is 1. The first-order valence-corrected chi connectivity index (χ1v) is 6.34. The highest BCUT2D eigenvalue weighted by Crippen LogP contribution is 1.92. The van der Waals surface area contributed by atoms with Gasteiger partial charge in [0.1, 0.15) is 11.6 Å². The van der Waals surface area contributed by atoms with E-state index in [1.807, 2.05) is 19.9 Å². The first-order chi connectivity index (χ1) is 9.11. The van der Waals surface area contributed by atoms with Crippen molar-refractivity contribution in [2.24, 2.45) is 0 Å². The van der Waals surface area contributed by atoms with Crippen LogP contribution in [0, 0.1) is 11.3 Å². The van der Waals surface area contributed by atoms with Crippen molar-refractivity contribution in [2.45, 2.75) is 26.4 Å². The smallest absolute Gasteiger partial charge is 0.263 e. The molecule has 0 radical (unpaired) electrons. The molecular formula is C13H23N3O3. The van der Waals surface area contributed by atoms with Crippen molar-refractivity contribution < 1.29 is 14.3 Å². The normalized spacial score (nSPS) is 11.2. The number of carbonyl (C=O) groups excluding carboxylic acids is 1. The van der Waals surface area contributed by atoms with Crippen LogP contribution in [0.15, 0.2) is 11.8 Å². The summed E-state index contributed by atoms with van der Waals surface area (Å²) in [5.41, 5.74) is 0.0564. The maximum absolute atomic E-state index is 11.5. The highest BCUT2D eigenvalue weighted by molar-refractivity contribution is 5.97. The van der Waals surface area contributed by atoms with Crippen LogP contribution in [0.3, 0.4) is 0 Å². The molecule has 2 N–H and O–H groups in total. The van der Waals surface area contributed by atoms with Gasteiger partial charge in [0.25, 0.3) is 5.91 Å². The summed E-state index contributed by atoms with van der Waals surface area (Å²) in [7, 11) is 1.55. The van der Waals surface area contributed by atoms with Crippen molar-refractivity contribution >= 4 is 5.91 Å². The van der Waals surface area contributed by atoms with Gasteiger partial charge in [-0.2, -0.15) is 5.26 Å². The van der Waals surface area contributed by atoms with Gasteiger partial charge in [-0.1, -0.05) is 0 Å². The van der Waals surface area contributed by atoms with Crippen LogP contribution in [0.2, 0.25) is 0 Å². The Balaban J connectivity index is 3.86. The second-order valence-corrected chi connectivity index (χ2v) is 4.15. The minimum Gasteiger partial charge on any atom is -0.390 e. The van der Waals surface area contributed by atoms with Crippen LogP contribution in [-0.2, 0) is 14.3 Å². The van der Waals surface area contributed by atoms with E-state index in [1.54, 1.807) is 7.11 Å². The van der Waals surface area contributed by atoms with Crippen molar-refractivity contribution in [1.29, 1.82) is 5.26 Å². The number of carbonyl (C=O) groups is 1. The molecule has 0 rings (SSSR count). The lowest BCUT2D eigenvalue weighted by molar-refractivity contribution is -0.117. The van der Waals surface area contributed by atoms with Crippen molar-refractivity contribution in [3.63, 3.8) is 0 Å². The maximum Gasteiger partial charge on any atom is 0.263 e. The Hall–Kier alpha value is -1.58. The number of nitrogens with one attached hydrogen (secondary N) is 2. The molecule has 108 valence electrons.